The maximum atomic E-state index is 12.7. The van der Waals surface area contributed by atoms with Gasteiger partial charge < -0.3 is 5.32 Å². The van der Waals surface area contributed by atoms with Crippen molar-refractivity contribution in [2.75, 3.05) is 15.9 Å². The highest BCUT2D eigenvalue weighted by Gasteiger charge is 2.30. The van der Waals surface area contributed by atoms with E-state index in [1.165, 1.54) is 6.92 Å². The summed E-state index contributed by atoms with van der Waals surface area (Å²) in [6.45, 7) is 5.17. The molecule has 0 heterocycles. The Morgan fingerprint density at radius 3 is 2.23 bits per heavy atom. The molecule has 1 atom stereocenters. The second kappa shape index (κ2) is 7.86. The minimum Gasteiger partial charge on any atom is -0.322 e. The van der Waals surface area contributed by atoms with E-state index in [0.29, 0.717) is 5.69 Å². The Morgan fingerprint density at radius 1 is 1.12 bits per heavy atom. The first-order valence-corrected chi connectivity index (χ1v) is 10.4. The number of carbonyl (C=O) groups is 1. The van der Waals surface area contributed by atoms with Crippen molar-refractivity contribution in [3.8, 4) is 0 Å². The summed E-state index contributed by atoms with van der Waals surface area (Å²) < 4.78 is 25.9. The highest BCUT2D eigenvalue weighted by molar-refractivity contribution is 7.92. The Kier molecular flexibility index (Phi) is 6.21. The molecule has 26 heavy (non-hydrogen) atoms. The molecule has 0 bridgehead atoms. The fourth-order valence-corrected chi connectivity index (χ4v) is 4.30. The van der Waals surface area contributed by atoms with E-state index in [4.69, 9.17) is 23.2 Å². The number of hydrogen-bond acceptors (Lipinski definition) is 3. The van der Waals surface area contributed by atoms with Gasteiger partial charge in [-0.05, 0) is 50.1 Å². The van der Waals surface area contributed by atoms with Gasteiger partial charge in [-0.25, -0.2) is 8.42 Å². The number of sulfonamides is 1. The highest BCUT2D eigenvalue weighted by Crippen LogP contribution is 2.31. The van der Waals surface area contributed by atoms with Crippen molar-refractivity contribution < 1.29 is 13.2 Å². The number of anilines is 2. The summed E-state index contributed by atoms with van der Waals surface area (Å²) in [5.41, 5.74) is 2.35. The lowest BCUT2D eigenvalue weighted by molar-refractivity contribution is -0.116. The average Bonchev–Trinajstić information content (AvgIpc) is 2.53. The molecule has 140 valence electrons. The third kappa shape index (κ3) is 4.50. The maximum absolute atomic E-state index is 12.7. The van der Waals surface area contributed by atoms with Gasteiger partial charge in [0.2, 0.25) is 15.9 Å². The molecule has 0 spiro atoms. The first kappa shape index (κ1) is 20.6. The van der Waals surface area contributed by atoms with E-state index in [-0.39, 0.29) is 15.7 Å². The molecular formula is C18H20Cl2N2O3S. The molecule has 5 nitrogen and oxygen atoms in total. The summed E-state index contributed by atoms with van der Waals surface area (Å²) >= 11 is 12.2. The molecule has 2 rings (SSSR count). The maximum Gasteiger partial charge on any atom is 0.248 e. The quantitative estimate of drug-likeness (QED) is 0.787. The molecule has 0 radical (unpaired) electrons. The lowest BCUT2D eigenvalue weighted by atomic mass is 10.1. The van der Waals surface area contributed by atoms with Crippen LogP contribution in [0.25, 0.3) is 0 Å². The molecule has 1 amide bonds. The van der Waals surface area contributed by atoms with Crippen LogP contribution in [0.2, 0.25) is 10.0 Å². The first-order chi connectivity index (χ1) is 12.0. The molecule has 0 aliphatic rings. The molecule has 0 saturated heterocycles. The number of halogens is 2. The normalized spacial score (nSPS) is 12.5. The summed E-state index contributed by atoms with van der Waals surface area (Å²) in [4.78, 5) is 12.7. The van der Waals surface area contributed by atoms with Crippen LogP contribution in [-0.4, -0.2) is 26.6 Å². The number of aryl methyl sites for hydroxylation is 2. The van der Waals surface area contributed by atoms with Gasteiger partial charge >= 0.3 is 0 Å². The van der Waals surface area contributed by atoms with Crippen LogP contribution in [-0.2, 0) is 14.8 Å². The zero-order chi connectivity index (χ0) is 19.6. The van der Waals surface area contributed by atoms with Gasteiger partial charge in [-0.1, -0.05) is 41.4 Å². The number of nitrogens with one attached hydrogen (secondary N) is 1. The Labute approximate surface area is 164 Å². The van der Waals surface area contributed by atoms with Crippen molar-refractivity contribution in [2.45, 2.75) is 26.8 Å². The predicted molar refractivity (Wildman–Crippen MR) is 108 cm³/mol. The number of carbonyl (C=O) groups excluding carboxylic acids is 1. The molecule has 0 aromatic heterocycles. The number of amides is 1. The molecule has 2 aromatic carbocycles. The predicted octanol–water partition coefficient (Wildman–Crippen LogP) is 4.40. The van der Waals surface area contributed by atoms with Crippen molar-refractivity contribution in [3.05, 3.63) is 57.6 Å². The van der Waals surface area contributed by atoms with Crippen molar-refractivity contribution in [1.29, 1.82) is 0 Å². The second-order valence-corrected chi connectivity index (χ2v) is 8.78. The molecule has 8 heteroatoms. The van der Waals surface area contributed by atoms with Crippen LogP contribution in [0.4, 0.5) is 11.4 Å². The van der Waals surface area contributed by atoms with Gasteiger partial charge in [-0.15, -0.1) is 0 Å². The van der Waals surface area contributed by atoms with Gasteiger partial charge in [0.25, 0.3) is 0 Å². The Hall–Kier alpha value is -1.76. The van der Waals surface area contributed by atoms with Crippen LogP contribution >= 0.6 is 23.2 Å². The number of rotatable bonds is 5. The number of para-hydroxylation sites is 1. The Balaban J connectivity index is 2.43. The number of nitrogens with zero attached hydrogens (tertiary/aromatic N) is 1. The van der Waals surface area contributed by atoms with Crippen molar-refractivity contribution in [1.82, 2.24) is 0 Å². The molecule has 0 unspecified atom stereocenters. The van der Waals surface area contributed by atoms with E-state index < -0.39 is 22.0 Å². The second-order valence-electron chi connectivity index (χ2n) is 6.11. The van der Waals surface area contributed by atoms with Crippen LogP contribution in [0.3, 0.4) is 0 Å². The molecule has 1 N–H and O–H groups in total. The zero-order valence-corrected chi connectivity index (χ0v) is 17.2. The summed E-state index contributed by atoms with van der Waals surface area (Å²) in [7, 11) is -3.71. The minimum atomic E-state index is -3.71. The van der Waals surface area contributed by atoms with E-state index in [2.05, 4.69) is 5.32 Å². The molecule has 0 saturated carbocycles. The fraction of sp³-hybridized carbons (Fsp3) is 0.278. The van der Waals surface area contributed by atoms with Gasteiger partial charge in [-0.3, -0.25) is 9.10 Å². The summed E-state index contributed by atoms with van der Waals surface area (Å²) in [6, 6.07) is 9.27. The van der Waals surface area contributed by atoms with E-state index >= 15 is 0 Å². The smallest absolute Gasteiger partial charge is 0.248 e. The van der Waals surface area contributed by atoms with Crippen LogP contribution in [0.15, 0.2) is 36.4 Å². The summed E-state index contributed by atoms with van der Waals surface area (Å²) in [5, 5.41) is 3.17. The zero-order valence-electron chi connectivity index (χ0n) is 14.9. The molecular weight excluding hydrogens is 395 g/mol. The SMILES string of the molecule is Cc1ccc(C)c(N([C@@H](C)C(=O)Nc2c(Cl)cccc2Cl)S(C)(=O)=O)c1. The summed E-state index contributed by atoms with van der Waals surface area (Å²) in [5.74, 6) is -0.536. The van der Waals surface area contributed by atoms with E-state index in [9.17, 15) is 13.2 Å². The molecule has 0 aliphatic carbocycles. The van der Waals surface area contributed by atoms with Gasteiger partial charge in [-0.2, -0.15) is 0 Å². The number of hydrogen-bond donors (Lipinski definition) is 1. The van der Waals surface area contributed by atoms with Crippen LogP contribution in [0, 0.1) is 13.8 Å². The van der Waals surface area contributed by atoms with Crippen LogP contribution < -0.4 is 9.62 Å². The minimum absolute atomic E-state index is 0.252. The number of benzene rings is 2. The van der Waals surface area contributed by atoms with Gasteiger partial charge in [0, 0.05) is 0 Å². The van der Waals surface area contributed by atoms with E-state index in [1.54, 1.807) is 31.2 Å². The lowest BCUT2D eigenvalue weighted by Gasteiger charge is -2.30. The average molecular weight is 415 g/mol. The lowest BCUT2D eigenvalue weighted by Crippen LogP contribution is -2.45. The highest BCUT2D eigenvalue weighted by atomic mass is 35.5. The fourth-order valence-electron chi connectivity index (χ4n) is 2.58. The van der Waals surface area contributed by atoms with Gasteiger partial charge in [0.05, 0.1) is 27.7 Å². The van der Waals surface area contributed by atoms with Crippen LogP contribution in [0.5, 0.6) is 0 Å². The van der Waals surface area contributed by atoms with E-state index in [1.807, 2.05) is 19.1 Å². The van der Waals surface area contributed by atoms with Crippen molar-refractivity contribution >= 4 is 50.5 Å². The van der Waals surface area contributed by atoms with Crippen molar-refractivity contribution in [3.63, 3.8) is 0 Å². The largest absolute Gasteiger partial charge is 0.322 e. The van der Waals surface area contributed by atoms with Crippen molar-refractivity contribution in [2.24, 2.45) is 0 Å². The Bertz CT molecular complexity index is 925. The van der Waals surface area contributed by atoms with E-state index in [0.717, 1.165) is 21.7 Å². The molecule has 2 aromatic rings. The standard InChI is InChI=1S/C18H20Cl2N2O3S/c1-11-8-9-12(2)16(10-11)22(26(4,24)25)13(3)18(23)21-17-14(19)6-5-7-15(17)20/h5-10,13H,1-4H3,(H,21,23)/t13-/m0/s1. The Morgan fingerprint density at radius 2 is 1.69 bits per heavy atom. The first-order valence-electron chi connectivity index (χ1n) is 7.84. The third-order valence-electron chi connectivity index (χ3n) is 3.90. The topological polar surface area (TPSA) is 66.5 Å². The molecule has 0 aliphatic heterocycles. The van der Waals surface area contributed by atoms with Gasteiger partial charge in [0.15, 0.2) is 0 Å². The van der Waals surface area contributed by atoms with Gasteiger partial charge in [0.1, 0.15) is 6.04 Å². The monoisotopic (exact) mass is 414 g/mol. The third-order valence-corrected chi connectivity index (χ3v) is 5.76. The van der Waals surface area contributed by atoms with Crippen LogP contribution in [0.1, 0.15) is 18.1 Å². The summed E-state index contributed by atoms with van der Waals surface area (Å²) in [6.07, 6.45) is 1.07. The molecule has 0 fully saturated rings.